The number of hydrogen-bond donors (Lipinski definition) is 0. The van der Waals surface area contributed by atoms with Gasteiger partial charge in [0, 0.05) is 12.8 Å². The highest BCUT2D eigenvalue weighted by molar-refractivity contribution is 5.78. The maximum absolute atomic E-state index is 11.5. The Kier molecular flexibility index (Phi) is 9.24. The van der Waals surface area contributed by atoms with Gasteiger partial charge in [-0.2, -0.15) is 0 Å². The molecule has 0 heterocycles. The fraction of sp³-hybridized carbons (Fsp3) is 0.941. The van der Waals surface area contributed by atoms with Crippen LogP contribution in [0.2, 0.25) is 0 Å². The van der Waals surface area contributed by atoms with E-state index in [9.17, 15) is 4.79 Å². The monoisotopic (exact) mass is 252 g/mol. The molecule has 1 rings (SSSR count). The minimum atomic E-state index is 0.525. The number of rotatable bonds is 13. The molecule has 1 saturated carbocycles. The number of carbonyl (C=O) groups is 1. The summed E-state index contributed by atoms with van der Waals surface area (Å²) in [4.78, 5) is 11.5. The molecule has 0 bridgehead atoms. The van der Waals surface area contributed by atoms with Crippen LogP contribution in [0.15, 0.2) is 0 Å². The zero-order valence-corrected chi connectivity index (χ0v) is 12.4. The minimum absolute atomic E-state index is 0.525. The predicted molar refractivity (Wildman–Crippen MR) is 78.8 cm³/mol. The van der Waals surface area contributed by atoms with Crippen molar-refractivity contribution in [1.29, 1.82) is 0 Å². The fourth-order valence-corrected chi connectivity index (χ4v) is 2.56. The second kappa shape index (κ2) is 10.6. The molecule has 18 heavy (non-hydrogen) atoms. The fourth-order valence-electron chi connectivity index (χ4n) is 2.56. The van der Waals surface area contributed by atoms with Crippen molar-refractivity contribution in [3.05, 3.63) is 0 Å². The lowest BCUT2D eigenvalue weighted by Crippen LogP contribution is -1.98. The predicted octanol–water partition coefficient (Wildman–Crippen LogP) is 5.67. The number of carbonyl (C=O) groups excluding carboxylic acids is 1. The third-order valence-electron chi connectivity index (χ3n) is 4.02. The zero-order valence-electron chi connectivity index (χ0n) is 12.4. The Morgan fingerprint density at radius 1 is 0.833 bits per heavy atom. The molecule has 0 N–H and O–H groups in total. The molecule has 1 nitrogen and oxygen atoms in total. The second-order valence-electron chi connectivity index (χ2n) is 6.12. The van der Waals surface area contributed by atoms with Crippen molar-refractivity contribution in [2.24, 2.45) is 5.92 Å². The van der Waals surface area contributed by atoms with Gasteiger partial charge in [0.2, 0.25) is 0 Å². The molecule has 1 fully saturated rings. The van der Waals surface area contributed by atoms with Crippen LogP contribution in [0.25, 0.3) is 0 Å². The van der Waals surface area contributed by atoms with Gasteiger partial charge in [-0.15, -0.1) is 0 Å². The molecule has 0 aromatic carbocycles. The van der Waals surface area contributed by atoms with E-state index in [1.807, 2.05) is 0 Å². The molecule has 0 aromatic rings. The lowest BCUT2D eigenvalue weighted by molar-refractivity contribution is -0.119. The SMILES string of the molecule is CCCCCCCCCCCCC(=O)CC1CC1. The van der Waals surface area contributed by atoms with Crippen LogP contribution in [0, 0.1) is 5.92 Å². The smallest absolute Gasteiger partial charge is 0.133 e. The van der Waals surface area contributed by atoms with Gasteiger partial charge in [0.1, 0.15) is 5.78 Å². The van der Waals surface area contributed by atoms with Crippen LogP contribution in [0.4, 0.5) is 0 Å². The van der Waals surface area contributed by atoms with Gasteiger partial charge in [0.25, 0.3) is 0 Å². The maximum Gasteiger partial charge on any atom is 0.133 e. The summed E-state index contributed by atoms with van der Waals surface area (Å²) in [6.45, 7) is 2.27. The third-order valence-corrected chi connectivity index (χ3v) is 4.02. The van der Waals surface area contributed by atoms with Gasteiger partial charge in [-0.1, -0.05) is 64.7 Å². The molecule has 0 unspecified atom stereocenters. The molecule has 0 aromatic heterocycles. The quantitative estimate of drug-likeness (QED) is 0.386. The average molecular weight is 252 g/mol. The van der Waals surface area contributed by atoms with Crippen LogP contribution in [0.5, 0.6) is 0 Å². The summed E-state index contributed by atoms with van der Waals surface area (Å²) in [5.74, 6) is 1.30. The molecule has 1 aliphatic carbocycles. The number of hydrogen-bond acceptors (Lipinski definition) is 1. The van der Waals surface area contributed by atoms with Crippen LogP contribution in [-0.4, -0.2) is 5.78 Å². The van der Waals surface area contributed by atoms with Crippen LogP contribution in [0.3, 0.4) is 0 Å². The highest BCUT2D eigenvalue weighted by Crippen LogP contribution is 2.33. The molecule has 1 aliphatic rings. The zero-order chi connectivity index (χ0) is 13.1. The molecule has 0 spiro atoms. The Bertz CT molecular complexity index is 206. The molecule has 106 valence electrons. The second-order valence-corrected chi connectivity index (χ2v) is 6.12. The topological polar surface area (TPSA) is 17.1 Å². The Balaban J connectivity index is 1.71. The van der Waals surface area contributed by atoms with Crippen LogP contribution >= 0.6 is 0 Å². The van der Waals surface area contributed by atoms with E-state index in [0.717, 1.165) is 25.2 Å². The Morgan fingerprint density at radius 2 is 1.33 bits per heavy atom. The van der Waals surface area contributed by atoms with Crippen molar-refractivity contribution in [1.82, 2.24) is 0 Å². The molecule has 0 saturated heterocycles. The molecular weight excluding hydrogens is 220 g/mol. The Morgan fingerprint density at radius 3 is 1.83 bits per heavy atom. The molecule has 0 aliphatic heterocycles. The van der Waals surface area contributed by atoms with Crippen molar-refractivity contribution < 1.29 is 4.79 Å². The molecule has 1 heteroatoms. The van der Waals surface area contributed by atoms with Gasteiger partial charge < -0.3 is 0 Å². The van der Waals surface area contributed by atoms with E-state index in [0.29, 0.717) is 5.78 Å². The summed E-state index contributed by atoms with van der Waals surface area (Å²) in [6.07, 6.45) is 17.9. The van der Waals surface area contributed by atoms with E-state index in [1.54, 1.807) is 0 Å². The molecule has 0 amide bonds. The van der Waals surface area contributed by atoms with E-state index in [2.05, 4.69) is 6.92 Å². The summed E-state index contributed by atoms with van der Waals surface area (Å²) < 4.78 is 0. The highest BCUT2D eigenvalue weighted by atomic mass is 16.1. The van der Waals surface area contributed by atoms with Gasteiger partial charge in [-0.25, -0.2) is 0 Å². The van der Waals surface area contributed by atoms with Crippen molar-refractivity contribution in [2.45, 2.75) is 96.8 Å². The van der Waals surface area contributed by atoms with E-state index in [1.165, 1.54) is 70.6 Å². The summed E-state index contributed by atoms with van der Waals surface area (Å²) in [5.41, 5.74) is 0. The van der Waals surface area contributed by atoms with E-state index in [4.69, 9.17) is 0 Å². The first-order valence-electron chi connectivity index (χ1n) is 8.34. The standard InChI is InChI=1S/C17H32O/c1-2-3-4-5-6-7-8-9-10-11-12-17(18)15-16-13-14-16/h16H,2-15H2,1H3. The lowest BCUT2D eigenvalue weighted by Gasteiger charge is -2.02. The normalized spacial score (nSPS) is 14.9. The first-order valence-corrected chi connectivity index (χ1v) is 8.34. The largest absolute Gasteiger partial charge is 0.300 e. The average Bonchev–Trinajstić information content (AvgIpc) is 3.15. The number of unbranched alkanes of at least 4 members (excludes halogenated alkanes) is 9. The molecular formula is C17H32O. The summed E-state index contributed by atoms with van der Waals surface area (Å²) in [5, 5.41) is 0. The van der Waals surface area contributed by atoms with Crippen molar-refractivity contribution in [2.75, 3.05) is 0 Å². The minimum Gasteiger partial charge on any atom is -0.300 e. The van der Waals surface area contributed by atoms with Crippen molar-refractivity contribution in [3.63, 3.8) is 0 Å². The van der Waals surface area contributed by atoms with Crippen molar-refractivity contribution >= 4 is 5.78 Å². The van der Waals surface area contributed by atoms with Gasteiger partial charge >= 0.3 is 0 Å². The summed E-state index contributed by atoms with van der Waals surface area (Å²) in [6, 6.07) is 0. The van der Waals surface area contributed by atoms with Gasteiger partial charge in [0.15, 0.2) is 0 Å². The van der Waals surface area contributed by atoms with Gasteiger partial charge in [-0.3, -0.25) is 4.79 Å². The van der Waals surface area contributed by atoms with E-state index >= 15 is 0 Å². The third kappa shape index (κ3) is 9.67. The van der Waals surface area contributed by atoms with Crippen LogP contribution < -0.4 is 0 Å². The number of Topliss-reactive ketones (excluding diaryl/α,β-unsaturated/α-hetero) is 1. The van der Waals surface area contributed by atoms with Crippen LogP contribution in [0.1, 0.15) is 96.8 Å². The Labute approximate surface area is 114 Å². The lowest BCUT2D eigenvalue weighted by atomic mass is 10.0. The number of ketones is 1. The molecule has 0 radical (unpaired) electrons. The van der Waals surface area contributed by atoms with Crippen molar-refractivity contribution in [3.8, 4) is 0 Å². The van der Waals surface area contributed by atoms with E-state index < -0.39 is 0 Å². The molecule has 0 atom stereocenters. The first kappa shape index (κ1) is 15.7. The summed E-state index contributed by atoms with van der Waals surface area (Å²) in [7, 11) is 0. The Hall–Kier alpha value is -0.330. The van der Waals surface area contributed by atoms with Crippen LogP contribution in [-0.2, 0) is 4.79 Å². The van der Waals surface area contributed by atoms with Gasteiger partial charge in [0.05, 0.1) is 0 Å². The highest BCUT2D eigenvalue weighted by Gasteiger charge is 2.23. The summed E-state index contributed by atoms with van der Waals surface area (Å²) >= 11 is 0. The first-order chi connectivity index (χ1) is 8.83. The van der Waals surface area contributed by atoms with E-state index in [-0.39, 0.29) is 0 Å². The van der Waals surface area contributed by atoms with Gasteiger partial charge in [-0.05, 0) is 25.2 Å². The maximum atomic E-state index is 11.5.